The van der Waals surface area contributed by atoms with Gasteiger partial charge in [0.25, 0.3) is 0 Å². The lowest BCUT2D eigenvalue weighted by molar-refractivity contribution is -0.147. The van der Waals surface area contributed by atoms with Crippen LogP contribution in [0.25, 0.3) is 0 Å². The van der Waals surface area contributed by atoms with Gasteiger partial charge in [-0.05, 0) is 62.4 Å². The molecule has 3 aliphatic rings. The molecule has 3 fully saturated rings. The fourth-order valence-corrected chi connectivity index (χ4v) is 6.60. The lowest BCUT2D eigenvalue weighted by Crippen LogP contribution is -2.47. The Morgan fingerprint density at radius 1 is 0.912 bits per heavy atom. The van der Waals surface area contributed by atoms with E-state index in [1.54, 1.807) is 0 Å². The molecule has 4 unspecified atom stereocenters. The number of hydrogen-bond acceptors (Lipinski definition) is 5. The smallest absolute Gasteiger partial charge is 0.308 e. The van der Waals surface area contributed by atoms with Gasteiger partial charge in [-0.3, -0.25) is 14.6 Å². The van der Waals surface area contributed by atoms with Crippen LogP contribution < -0.4 is 4.74 Å². The van der Waals surface area contributed by atoms with E-state index in [9.17, 15) is 4.79 Å². The zero-order chi connectivity index (χ0) is 23.5. The van der Waals surface area contributed by atoms with Crippen LogP contribution in [0.3, 0.4) is 0 Å². The molecule has 182 valence electrons. The Morgan fingerprint density at radius 3 is 2.35 bits per heavy atom. The molecule has 0 bridgehead atoms. The average Bonchev–Trinajstić information content (AvgIpc) is 3.20. The average molecular weight is 463 g/mol. The maximum Gasteiger partial charge on any atom is 0.308 e. The van der Waals surface area contributed by atoms with Crippen molar-refractivity contribution in [1.82, 2.24) is 9.80 Å². The van der Waals surface area contributed by atoms with E-state index in [1.807, 2.05) is 18.2 Å². The van der Waals surface area contributed by atoms with Crippen molar-refractivity contribution in [3.63, 3.8) is 0 Å². The molecular weight excluding hydrogens is 424 g/mol. The summed E-state index contributed by atoms with van der Waals surface area (Å²) < 4.78 is 11.2. The van der Waals surface area contributed by atoms with Crippen LogP contribution in [0.15, 0.2) is 54.6 Å². The van der Waals surface area contributed by atoms with Gasteiger partial charge in [-0.2, -0.15) is 0 Å². The van der Waals surface area contributed by atoms with Gasteiger partial charge in [0.15, 0.2) is 0 Å². The van der Waals surface area contributed by atoms with Crippen LogP contribution >= 0.6 is 0 Å². The molecule has 5 rings (SSSR count). The standard InChI is InChI=1S/C29H38N2O3/c1-30-27-19-23(29(32)33-2)15-18-26(27)31(24-11-7-4-8-12-24)28(30)22-13-16-25(17-14-22)34-20-21-9-5-3-6-10-21/h3,5-6,9-10,13-14,16-17,23-24,26-28H,4,7-8,11-12,15,18-20H2,1-2H3. The van der Waals surface area contributed by atoms with Crippen molar-refractivity contribution >= 4 is 5.97 Å². The van der Waals surface area contributed by atoms with E-state index in [0.717, 1.165) is 25.0 Å². The Bertz CT molecular complexity index is 942. The van der Waals surface area contributed by atoms with Crippen molar-refractivity contribution in [3.05, 3.63) is 65.7 Å². The Labute approximate surface area is 204 Å². The van der Waals surface area contributed by atoms with Crippen molar-refractivity contribution in [1.29, 1.82) is 0 Å². The number of fused-ring (bicyclic) bond motifs is 1. The molecule has 0 N–H and O–H groups in total. The summed E-state index contributed by atoms with van der Waals surface area (Å²) in [4.78, 5) is 17.7. The van der Waals surface area contributed by atoms with Gasteiger partial charge in [-0.1, -0.05) is 61.7 Å². The van der Waals surface area contributed by atoms with Crippen LogP contribution in [-0.4, -0.2) is 48.1 Å². The van der Waals surface area contributed by atoms with Crippen LogP contribution in [-0.2, 0) is 16.1 Å². The molecule has 1 saturated heterocycles. The van der Waals surface area contributed by atoms with E-state index in [1.165, 1.54) is 50.3 Å². The van der Waals surface area contributed by atoms with Crippen LogP contribution in [0.4, 0.5) is 0 Å². The summed E-state index contributed by atoms with van der Waals surface area (Å²) >= 11 is 0. The van der Waals surface area contributed by atoms with E-state index in [0.29, 0.717) is 24.7 Å². The molecule has 2 aromatic carbocycles. The summed E-state index contributed by atoms with van der Waals surface area (Å²) in [5.41, 5.74) is 2.50. The summed E-state index contributed by atoms with van der Waals surface area (Å²) in [7, 11) is 3.77. The lowest BCUT2D eigenvalue weighted by atomic mass is 9.81. The molecule has 1 heterocycles. The zero-order valence-electron chi connectivity index (χ0n) is 20.6. The molecule has 1 aliphatic heterocycles. The third-order valence-corrected chi connectivity index (χ3v) is 8.31. The predicted molar refractivity (Wildman–Crippen MR) is 133 cm³/mol. The van der Waals surface area contributed by atoms with Gasteiger partial charge in [0, 0.05) is 18.1 Å². The number of hydrogen-bond donors (Lipinski definition) is 0. The topological polar surface area (TPSA) is 42.0 Å². The molecule has 5 nitrogen and oxygen atoms in total. The summed E-state index contributed by atoms with van der Waals surface area (Å²) in [5, 5.41) is 0. The van der Waals surface area contributed by atoms with Crippen molar-refractivity contribution in [2.24, 2.45) is 5.92 Å². The minimum Gasteiger partial charge on any atom is -0.489 e. The van der Waals surface area contributed by atoms with Crippen molar-refractivity contribution in [2.75, 3.05) is 14.2 Å². The fraction of sp³-hybridized carbons (Fsp3) is 0.552. The Kier molecular flexibility index (Phi) is 7.21. The first-order valence-corrected chi connectivity index (χ1v) is 13.0. The monoisotopic (exact) mass is 462 g/mol. The number of carbonyl (C=O) groups excluding carboxylic acids is 1. The van der Waals surface area contributed by atoms with Crippen molar-refractivity contribution in [2.45, 2.75) is 82.3 Å². The normalized spacial score (nSPS) is 28.4. The molecule has 5 heteroatoms. The largest absolute Gasteiger partial charge is 0.489 e. The quantitative estimate of drug-likeness (QED) is 0.526. The third kappa shape index (κ3) is 4.73. The highest BCUT2D eigenvalue weighted by Gasteiger charge is 2.51. The van der Waals surface area contributed by atoms with Crippen molar-refractivity contribution in [3.8, 4) is 5.75 Å². The van der Waals surface area contributed by atoms with E-state index < -0.39 is 0 Å². The minimum absolute atomic E-state index is 0.0226. The first-order chi connectivity index (χ1) is 16.7. The number of nitrogens with zero attached hydrogens (tertiary/aromatic N) is 2. The second-order valence-electron chi connectivity index (χ2n) is 10.3. The maximum atomic E-state index is 12.3. The summed E-state index contributed by atoms with van der Waals surface area (Å²) in [6.07, 6.45) is 9.72. The first kappa shape index (κ1) is 23.4. The molecule has 0 spiro atoms. The molecule has 0 radical (unpaired) electrons. The number of ether oxygens (including phenoxy) is 2. The van der Waals surface area contributed by atoms with E-state index >= 15 is 0 Å². The number of likely N-dealkylation sites (N-methyl/N-ethyl adjacent to an activating group) is 1. The first-order valence-electron chi connectivity index (χ1n) is 13.0. The fourth-order valence-electron chi connectivity index (χ4n) is 6.60. The summed E-state index contributed by atoms with van der Waals surface area (Å²) in [6, 6.07) is 20.5. The molecular formula is C29H38N2O3. The van der Waals surface area contributed by atoms with Gasteiger partial charge in [0.1, 0.15) is 12.4 Å². The molecule has 0 aromatic heterocycles. The predicted octanol–water partition coefficient (Wildman–Crippen LogP) is 5.55. The van der Waals surface area contributed by atoms with Gasteiger partial charge < -0.3 is 9.47 Å². The SMILES string of the molecule is COC(=O)C1CCC2C(C1)N(C)C(c1ccc(OCc3ccccc3)cc1)N2C1CCCCC1. The van der Waals surface area contributed by atoms with Gasteiger partial charge >= 0.3 is 5.97 Å². The Hall–Kier alpha value is -2.37. The highest BCUT2D eigenvalue weighted by Crippen LogP contribution is 2.47. The minimum atomic E-state index is -0.0422. The zero-order valence-corrected chi connectivity index (χ0v) is 20.6. The Balaban J connectivity index is 1.36. The number of esters is 1. The summed E-state index contributed by atoms with van der Waals surface area (Å²) in [6.45, 7) is 0.580. The van der Waals surface area contributed by atoms with Gasteiger partial charge in [-0.25, -0.2) is 0 Å². The van der Waals surface area contributed by atoms with Crippen LogP contribution in [0.1, 0.15) is 68.7 Å². The molecule has 34 heavy (non-hydrogen) atoms. The summed E-state index contributed by atoms with van der Waals surface area (Å²) in [5.74, 6) is 0.884. The number of rotatable bonds is 6. The van der Waals surface area contributed by atoms with Gasteiger partial charge in [-0.15, -0.1) is 0 Å². The number of carbonyl (C=O) groups is 1. The lowest BCUT2D eigenvalue weighted by Gasteiger charge is -2.41. The van der Waals surface area contributed by atoms with Crippen molar-refractivity contribution < 1.29 is 14.3 Å². The second-order valence-corrected chi connectivity index (χ2v) is 10.3. The second kappa shape index (κ2) is 10.5. The number of methoxy groups -OCH3 is 1. The highest BCUT2D eigenvalue weighted by atomic mass is 16.5. The molecule has 2 aliphatic carbocycles. The molecule has 2 aromatic rings. The number of benzene rings is 2. The maximum absolute atomic E-state index is 12.3. The van der Waals surface area contributed by atoms with Crippen LogP contribution in [0, 0.1) is 5.92 Å². The van der Waals surface area contributed by atoms with Gasteiger partial charge in [0.05, 0.1) is 19.2 Å². The molecule has 4 atom stereocenters. The van der Waals surface area contributed by atoms with E-state index in [2.05, 4.69) is 53.2 Å². The van der Waals surface area contributed by atoms with Crippen LogP contribution in [0.5, 0.6) is 5.75 Å². The molecule has 0 amide bonds. The van der Waals surface area contributed by atoms with Crippen LogP contribution in [0.2, 0.25) is 0 Å². The Morgan fingerprint density at radius 2 is 1.65 bits per heavy atom. The third-order valence-electron chi connectivity index (χ3n) is 8.31. The molecule has 2 saturated carbocycles. The van der Waals surface area contributed by atoms with E-state index in [-0.39, 0.29) is 18.1 Å². The van der Waals surface area contributed by atoms with E-state index in [4.69, 9.17) is 9.47 Å². The van der Waals surface area contributed by atoms with Gasteiger partial charge in [0.2, 0.25) is 0 Å². The highest BCUT2D eigenvalue weighted by molar-refractivity contribution is 5.72.